The van der Waals surface area contributed by atoms with Crippen molar-refractivity contribution in [2.24, 2.45) is 5.92 Å². The van der Waals surface area contributed by atoms with Crippen LogP contribution < -0.4 is 5.32 Å². The lowest BCUT2D eigenvalue weighted by atomic mass is 9.90. The molecular weight excluding hydrogens is 202 g/mol. The first-order valence-electron chi connectivity index (χ1n) is 5.66. The summed E-state index contributed by atoms with van der Waals surface area (Å²) in [4.78, 5) is 11.9. The third-order valence-electron chi connectivity index (χ3n) is 3.07. The Kier molecular flexibility index (Phi) is 2.97. The smallest absolute Gasteiger partial charge is 0.152 e. The molecule has 1 aromatic rings. The van der Waals surface area contributed by atoms with E-state index in [0.717, 1.165) is 17.5 Å². The fourth-order valence-corrected chi connectivity index (χ4v) is 2.10. The Balaban J connectivity index is 2.18. The number of phenols is 1. The van der Waals surface area contributed by atoms with Gasteiger partial charge in [0.2, 0.25) is 0 Å². The Labute approximate surface area is 95.5 Å². The molecule has 3 heteroatoms. The van der Waals surface area contributed by atoms with Gasteiger partial charge in [0, 0.05) is 12.5 Å². The highest BCUT2D eigenvalue weighted by molar-refractivity contribution is 5.86. The molecule has 1 heterocycles. The fourth-order valence-electron chi connectivity index (χ4n) is 2.10. The lowest BCUT2D eigenvalue weighted by Gasteiger charge is -2.26. The van der Waals surface area contributed by atoms with Crippen LogP contribution in [0.25, 0.3) is 0 Å². The normalized spacial score (nSPS) is 19.6. The standard InChI is InChI=1S/C13H17NO2/c1-8(2)13(16)12-6-9-3-4-11(15)5-10(9)7-14-12/h3-5,8,12,14-15H,6-7H2,1-2H3/t12-/m1/s1. The predicted octanol–water partition coefficient (Wildman–Crippen LogP) is 1.63. The van der Waals surface area contributed by atoms with Crippen molar-refractivity contribution in [3.8, 4) is 5.75 Å². The van der Waals surface area contributed by atoms with Gasteiger partial charge in [-0.05, 0) is 29.7 Å². The fraction of sp³-hybridized carbons (Fsp3) is 0.462. The number of benzene rings is 1. The van der Waals surface area contributed by atoms with Crippen LogP contribution in [0.3, 0.4) is 0 Å². The van der Waals surface area contributed by atoms with Crippen molar-refractivity contribution in [1.82, 2.24) is 5.32 Å². The van der Waals surface area contributed by atoms with E-state index in [1.54, 1.807) is 12.1 Å². The van der Waals surface area contributed by atoms with Gasteiger partial charge in [0.05, 0.1) is 6.04 Å². The summed E-state index contributed by atoms with van der Waals surface area (Å²) in [5, 5.41) is 12.6. The van der Waals surface area contributed by atoms with Crippen molar-refractivity contribution in [2.45, 2.75) is 32.9 Å². The molecule has 0 fully saturated rings. The second-order valence-corrected chi connectivity index (χ2v) is 4.65. The quantitative estimate of drug-likeness (QED) is 0.795. The zero-order valence-electron chi connectivity index (χ0n) is 9.66. The number of phenolic OH excluding ortho intramolecular Hbond substituents is 1. The molecule has 3 nitrogen and oxygen atoms in total. The minimum atomic E-state index is -0.0722. The summed E-state index contributed by atoms with van der Waals surface area (Å²) < 4.78 is 0. The van der Waals surface area contributed by atoms with Gasteiger partial charge in [0.15, 0.2) is 5.78 Å². The number of Topliss-reactive ketones (excluding diaryl/α,β-unsaturated/α-hetero) is 1. The monoisotopic (exact) mass is 219 g/mol. The van der Waals surface area contributed by atoms with Gasteiger partial charge in [-0.25, -0.2) is 0 Å². The van der Waals surface area contributed by atoms with E-state index in [0.29, 0.717) is 6.54 Å². The number of nitrogens with one attached hydrogen (secondary N) is 1. The zero-order valence-corrected chi connectivity index (χ0v) is 9.66. The summed E-state index contributed by atoms with van der Waals surface area (Å²) in [5.41, 5.74) is 2.25. The van der Waals surface area contributed by atoms with E-state index in [-0.39, 0.29) is 23.5 Å². The van der Waals surface area contributed by atoms with Gasteiger partial charge in [-0.2, -0.15) is 0 Å². The molecule has 1 atom stereocenters. The highest BCUT2D eigenvalue weighted by atomic mass is 16.3. The molecule has 0 amide bonds. The van der Waals surface area contributed by atoms with Crippen molar-refractivity contribution < 1.29 is 9.90 Å². The van der Waals surface area contributed by atoms with E-state index in [1.807, 2.05) is 19.9 Å². The number of rotatable bonds is 2. The first kappa shape index (κ1) is 11.1. The summed E-state index contributed by atoms with van der Waals surface area (Å²) in [6.07, 6.45) is 0.729. The molecule has 0 saturated carbocycles. The second-order valence-electron chi connectivity index (χ2n) is 4.65. The van der Waals surface area contributed by atoms with Crippen LogP contribution in [0, 0.1) is 5.92 Å². The molecular formula is C13H17NO2. The van der Waals surface area contributed by atoms with Crippen LogP contribution in [0.4, 0.5) is 0 Å². The number of fused-ring (bicyclic) bond motifs is 1. The minimum Gasteiger partial charge on any atom is -0.508 e. The molecule has 16 heavy (non-hydrogen) atoms. The molecule has 2 rings (SSSR count). The van der Waals surface area contributed by atoms with Gasteiger partial charge < -0.3 is 10.4 Å². The molecule has 1 aromatic carbocycles. The molecule has 0 aliphatic carbocycles. The largest absolute Gasteiger partial charge is 0.508 e. The number of ketones is 1. The van der Waals surface area contributed by atoms with Crippen LogP contribution in [-0.4, -0.2) is 16.9 Å². The van der Waals surface area contributed by atoms with Crippen molar-refractivity contribution in [3.05, 3.63) is 29.3 Å². The maximum absolute atomic E-state index is 11.9. The van der Waals surface area contributed by atoms with Crippen molar-refractivity contribution in [1.29, 1.82) is 0 Å². The summed E-state index contributed by atoms with van der Waals surface area (Å²) in [5.74, 6) is 0.615. The van der Waals surface area contributed by atoms with Gasteiger partial charge in [0.25, 0.3) is 0 Å². The Morgan fingerprint density at radius 3 is 2.88 bits per heavy atom. The van der Waals surface area contributed by atoms with Gasteiger partial charge in [-0.15, -0.1) is 0 Å². The van der Waals surface area contributed by atoms with Crippen molar-refractivity contribution in [3.63, 3.8) is 0 Å². The average Bonchev–Trinajstić information content (AvgIpc) is 2.27. The second kappa shape index (κ2) is 4.26. The molecule has 0 radical (unpaired) electrons. The Morgan fingerprint density at radius 1 is 1.44 bits per heavy atom. The number of aromatic hydroxyl groups is 1. The van der Waals surface area contributed by atoms with E-state index in [9.17, 15) is 9.90 Å². The summed E-state index contributed by atoms with van der Waals surface area (Å²) in [6.45, 7) is 4.51. The van der Waals surface area contributed by atoms with Crippen LogP contribution in [0.1, 0.15) is 25.0 Å². The van der Waals surface area contributed by atoms with E-state index < -0.39 is 0 Å². The SMILES string of the molecule is CC(C)C(=O)[C@H]1Cc2ccc(O)cc2CN1. The number of hydrogen-bond acceptors (Lipinski definition) is 3. The molecule has 2 N–H and O–H groups in total. The van der Waals surface area contributed by atoms with Crippen LogP contribution in [-0.2, 0) is 17.8 Å². The molecule has 1 aliphatic heterocycles. The molecule has 0 aromatic heterocycles. The van der Waals surface area contributed by atoms with Crippen LogP contribution >= 0.6 is 0 Å². The van der Waals surface area contributed by atoms with Crippen molar-refractivity contribution in [2.75, 3.05) is 0 Å². The Hall–Kier alpha value is -1.35. The van der Waals surface area contributed by atoms with Gasteiger partial charge in [-0.3, -0.25) is 4.79 Å². The van der Waals surface area contributed by atoms with E-state index in [4.69, 9.17) is 0 Å². The molecule has 0 spiro atoms. The predicted molar refractivity (Wildman–Crippen MR) is 62.3 cm³/mol. The number of hydrogen-bond donors (Lipinski definition) is 2. The molecule has 1 aliphatic rings. The summed E-state index contributed by atoms with van der Waals surface area (Å²) >= 11 is 0. The minimum absolute atomic E-state index is 0.0659. The topological polar surface area (TPSA) is 49.3 Å². The number of carbonyl (C=O) groups excluding carboxylic acids is 1. The lowest BCUT2D eigenvalue weighted by molar-refractivity contribution is -0.124. The summed E-state index contributed by atoms with van der Waals surface area (Å²) in [7, 11) is 0. The molecule has 0 bridgehead atoms. The highest BCUT2D eigenvalue weighted by Crippen LogP contribution is 2.22. The lowest BCUT2D eigenvalue weighted by Crippen LogP contribution is -2.43. The zero-order chi connectivity index (χ0) is 11.7. The van der Waals surface area contributed by atoms with E-state index >= 15 is 0 Å². The molecule has 86 valence electrons. The Bertz CT molecular complexity index is 412. The van der Waals surface area contributed by atoms with Gasteiger partial charge in [-0.1, -0.05) is 19.9 Å². The van der Waals surface area contributed by atoms with Crippen molar-refractivity contribution >= 4 is 5.78 Å². The van der Waals surface area contributed by atoms with Crippen LogP contribution in [0.2, 0.25) is 0 Å². The maximum atomic E-state index is 11.9. The summed E-state index contributed by atoms with van der Waals surface area (Å²) in [6, 6.07) is 5.28. The number of carbonyl (C=O) groups is 1. The van der Waals surface area contributed by atoms with Gasteiger partial charge >= 0.3 is 0 Å². The third-order valence-corrected chi connectivity index (χ3v) is 3.07. The average molecular weight is 219 g/mol. The van der Waals surface area contributed by atoms with Crippen LogP contribution in [0.15, 0.2) is 18.2 Å². The first-order chi connectivity index (χ1) is 7.58. The van der Waals surface area contributed by atoms with Gasteiger partial charge in [0.1, 0.15) is 5.75 Å². The van der Waals surface area contributed by atoms with E-state index in [2.05, 4.69) is 5.32 Å². The van der Waals surface area contributed by atoms with Crippen LogP contribution in [0.5, 0.6) is 5.75 Å². The first-order valence-corrected chi connectivity index (χ1v) is 5.66. The van der Waals surface area contributed by atoms with E-state index in [1.165, 1.54) is 0 Å². The highest BCUT2D eigenvalue weighted by Gasteiger charge is 2.25. The Morgan fingerprint density at radius 2 is 2.19 bits per heavy atom. The third kappa shape index (κ3) is 2.09. The maximum Gasteiger partial charge on any atom is 0.152 e. The molecule has 0 unspecified atom stereocenters. The molecule has 0 saturated heterocycles.